The molecule has 0 radical (unpaired) electrons. The molecule has 5 rings (SSSR count). The van der Waals surface area contributed by atoms with Crippen LogP contribution in [-0.2, 0) is 21.0 Å². The quantitative estimate of drug-likeness (QED) is 0.109. The molecular formula is C72H130F2O2P2. The summed E-state index contributed by atoms with van der Waals surface area (Å²) in [5.41, 5.74) is 1.74. The first-order chi connectivity index (χ1) is 36.9. The fraction of sp³-hybridized carbons (Fsp3) is 0.528. The number of hydrogen-bond acceptors (Lipinski definition) is 2. The van der Waals surface area contributed by atoms with Crippen molar-refractivity contribution in [3.63, 3.8) is 0 Å². The standard InChI is InChI=1S/C9H11F2OP.C9H13OP.3C7H8.C5H12.3C4H10.3C3H8.C3H6.C2H6.C2H4/c1-13(2,12)9(10,11)8-6-4-3-5-7-8;1-11(2,10)8-9-6-4-3-5-7-9;3*1-7-5-3-2-4-6-7;1-3-5-4-2;3*1-3-4-2;4*1-3-2;2*1-2/h3-7H,1-2H3;3-7H,8H2,1-2H3;3*2-6H,1H3;3-5H2,1-2H3;3*3-4H2,1-2H3;3*3H2,1-2H3;3H,1H2,2H3;1-2H3;1-2H2. The highest BCUT2D eigenvalue weighted by Crippen LogP contribution is 2.59. The Morgan fingerprint density at radius 2 is 0.603 bits per heavy atom. The molecular weight excluding hydrogens is 997 g/mol. The molecule has 0 aliphatic carbocycles. The molecule has 5 aromatic carbocycles. The van der Waals surface area contributed by atoms with Crippen molar-refractivity contribution in [3.05, 3.63) is 205 Å². The van der Waals surface area contributed by atoms with Gasteiger partial charge in [0.25, 0.3) is 0 Å². The van der Waals surface area contributed by atoms with E-state index in [1.54, 1.807) is 12.1 Å². The van der Waals surface area contributed by atoms with Crippen molar-refractivity contribution >= 4 is 14.3 Å². The van der Waals surface area contributed by atoms with Crippen molar-refractivity contribution in [2.75, 3.05) is 26.7 Å². The van der Waals surface area contributed by atoms with Crippen LogP contribution in [0.15, 0.2) is 177 Å². The molecule has 78 heavy (non-hydrogen) atoms. The van der Waals surface area contributed by atoms with E-state index in [2.05, 4.69) is 174 Å². The molecule has 2 nitrogen and oxygen atoms in total. The maximum atomic E-state index is 13.4. The van der Waals surface area contributed by atoms with Crippen LogP contribution in [0.3, 0.4) is 0 Å². The maximum absolute atomic E-state index is 13.4. The van der Waals surface area contributed by atoms with E-state index in [-0.39, 0.29) is 5.56 Å². The average molecular weight is 1130 g/mol. The van der Waals surface area contributed by atoms with Crippen molar-refractivity contribution in [2.24, 2.45) is 0 Å². The predicted molar refractivity (Wildman–Crippen MR) is 366 cm³/mol. The third-order valence-electron chi connectivity index (χ3n) is 8.23. The summed E-state index contributed by atoms with van der Waals surface area (Å²) in [6.07, 6.45) is 18.2. The lowest BCUT2D eigenvalue weighted by Gasteiger charge is -2.20. The van der Waals surface area contributed by atoms with Crippen LogP contribution < -0.4 is 0 Å². The molecule has 0 N–H and O–H groups in total. The van der Waals surface area contributed by atoms with E-state index >= 15 is 0 Å². The summed E-state index contributed by atoms with van der Waals surface area (Å²) >= 11 is 0. The molecule has 6 heteroatoms. The van der Waals surface area contributed by atoms with Gasteiger partial charge >= 0.3 is 5.66 Å². The van der Waals surface area contributed by atoms with Gasteiger partial charge in [0.15, 0.2) is 7.14 Å². The molecule has 0 atom stereocenters. The number of halogens is 2. The fourth-order valence-corrected chi connectivity index (χ4v) is 5.79. The molecule has 454 valence electrons. The molecule has 0 spiro atoms. The maximum Gasteiger partial charge on any atom is 0.322 e. The Balaban J connectivity index is -0.0000000824. The summed E-state index contributed by atoms with van der Waals surface area (Å²) in [7, 11) is -5.31. The van der Waals surface area contributed by atoms with Gasteiger partial charge < -0.3 is 9.13 Å². The van der Waals surface area contributed by atoms with Crippen LogP contribution in [-0.4, -0.2) is 26.7 Å². The van der Waals surface area contributed by atoms with Crippen LogP contribution >= 0.6 is 14.3 Å². The second-order valence-electron chi connectivity index (χ2n) is 18.3. The van der Waals surface area contributed by atoms with E-state index in [0.717, 1.165) is 13.3 Å². The molecule has 0 bridgehead atoms. The van der Waals surface area contributed by atoms with E-state index < -0.39 is 19.9 Å². The smallest absolute Gasteiger partial charge is 0.322 e. The second-order valence-corrected chi connectivity index (χ2v) is 25.1. The number of aryl methyl sites for hydroxylation is 3. The number of alkyl halides is 2. The molecule has 0 heterocycles. The number of allylic oxidation sites excluding steroid dienone is 1. The highest BCUT2D eigenvalue weighted by Gasteiger charge is 2.44. The first-order valence-corrected chi connectivity index (χ1v) is 35.0. The summed E-state index contributed by atoms with van der Waals surface area (Å²) in [4.78, 5) is 0. The third kappa shape index (κ3) is 97.5. The SMILES string of the molecule is C=C.C=CC.CC.CCC.CCC.CCC.CCCC.CCCC.CCCC.CCCCC.CP(C)(=O)C(F)(F)c1ccccc1.CP(C)(=O)Cc1ccccc1.Cc1ccccc1.Cc1ccccc1.Cc1ccccc1. The van der Waals surface area contributed by atoms with Gasteiger partial charge in [0.1, 0.15) is 0 Å². The minimum atomic E-state index is -3.42. The lowest BCUT2D eigenvalue weighted by molar-refractivity contribution is 0.0893. The lowest BCUT2D eigenvalue weighted by atomic mass is 10.2. The average Bonchev–Trinajstić information content (AvgIpc) is 3.42. The van der Waals surface area contributed by atoms with E-state index in [1.807, 2.05) is 119 Å². The van der Waals surface area contributed by atoms with Gasteiger partial charge in [0.05, 0.1) is 7.14 Å². The zero-order chi connectivity index (χ0) is 63.0. The fourth-order valence-electron chi connectivity index (χ4n) is 3.93. The molecule has 0 aliphatic heterocycles. The van der Waals surface area contributed by atoms with Gasteiger partial charge in [-0.25, -0.2) is 0 Å². The molecule has 0 saturated heterocycles. The van der Waals surface area contributed by atoms with E-state index in [4.69, 9.17) is 0 Å². The molecule has 0 aromatic heterocycles. The van der Waals surface area contributed by atoms with Gasteiger partial charge in [0.2, 0.25) is 0 Å². The van der Waals surface area contributed by atoms with Gasteiger partial charge in [-0.15, -0.1) is 19.7 Å². The second kappa shape index (κ2) is 81.7. The highest BCUT2D eigenvalue weighted by molar-refractivity contribution is 7.63. The summed E-state index contributed by atoms with van der Waals surface area (Å²) in [5, 5.41) is 0. The topological polar surface area (TPSA) is 34.1 Å². The first kappa shape index (κ1) is 96.2. The van der Waals surface area contributed by atoms with Crippen molar-refractivity contribution in [3.8, 4) is 0 Å². The minimum Gasteiger partial charge on any atom is -0.324 e. The van der Waals surface area contributed by atoms with Gasteiger partial charge in [-0.3, -0.25) is 0 Å². The van der Waals surface area contributed by atoms with Crippen LogP contribution in [0.4, 0.5) is 8.78 Å². The number of rotatable bonds is 9. The Morgan fingerprint density at radius 3 is 0.731 bits per heavy atom. The Morgan fingerprint density at radius 1 is 0.410 bits per heavy atom. The van der Waals surface area contributed by atoms with Crippen molar-refractivity contribution < 1.29 is 17.9 Å². The number of hydrogen-bond donors (Lipinski definition) is 0. The van der Waals surface area contributed by atoms with E-state index in [0.29, 0.717) is 6.16 Å². The number of unbranched alkanes of at least 4 members (excludes halogenated alkanes) is 5. The molecule has 0 unspecified atom stereocenters. The molecule has 5 aromatic rings. The third-order valence-corrected chi connectivity index (χ3v) is 11.0. The van der Waals surface area contributed by atoms with Gasteiger partial charge in [-0.1, -0.05) is 362 Å². The van der Waals surface area contributed by atoms with Crippen LogP contribution in [0, 0.1) is 20.8 Å². The predicted octanol–water partition coefficient (Wildman–Crippen LogP) is 27.0. The zero-order valence-corrected chi connectivity index (χ0v) is 57.6. The van der Waals surface area contributed by atoms with Gasteiger partial charge in [-0.2, -0.15) is 8.78 Å². The first-order valence-electron chi connectivity index (χ1n) is 29.6. The Hall–Kier alpha value is -4.10. The van der Waals surface area contributed by atoms with E-state index in [1.165, 1.54) is 124 Å². The monoisotopic (exact) mass is 1130 g/mol. The molecule has 0 aliphatic rings. The Bertz CT molecular complexity index is 1700. The summed E-state index contributed by atoms with van der Waals surface area (Å²) in [6, 6.07) is 48.0. The van der Waals surface area contributed by atoms with Crippen LogP contribution in [0.1, 0.15) is 223 Å². The molecule has 0 saturated carbocycles. The largest absolute Gasteiger partial charge is 0.324 e. The summed E-state index contributed by atoms with van der Waals surface area (Å²) in [6.45, 7) is 57.6. The van der Waals surface area contributed by atoms with Crippen molar-refractivity contribution in [2.45, 2.75) is 227 Å². The Labute approximate surface area is 489 Å². The van der Waals surface area contributed by atoms with Crippen LogP contribution in [0.2, 0.25) is 0 Å². The number of benzene rings is 5. The molecule has 0 amide bonds. The highest BCUT2D eigenvalue weighted by atomic mass is 31.2. The molecule has 0 fully saturated rings. The zero-order valence-electron chi connectivity index (χ0n) is 55.8. The van der Waals surface area contributed by atoms with Crippen LogP contribution in [0.5, 0.6) is 0 Å². The van der Waals surface area contributed by atoms with E-state index in [9.17, 15) is 17.9 Å². The minimum absolute atomic E-state index is 0.177. The summed E-state index contributed by atoms with van der Waals surface area (Å²) in [5.74, 6) is 0. The van der Waals surface area contributed by atoms with Crippen LogP contribution in [0.25, 0.3) is 0 Å². The van der Waals surface area contributed by atoms with Gasteiger partial charge in [0, 0.05) is 11.7 Å². The normalized spacial score (nSPS) is 8.79. The Kier molecular flexibility index (Phi) is 101. The van der Waals surface area contributed by atoms with Crippen molar-refractivity contribution in [1.29, 1.82) is 0 Å². The van der Waals surface area contributed by atoms with Crippen molar-refractivity contribution in [1.82, 2.24) is 0 Å². The summed E-state index contributed by atoms with van der Waals surface area (Å²) < 4.78 is 49.5. The van der Waals surface area contributed by atoms with Gasteiger partial charge in [-0.05, 0) is 59.9 Å². The lowest BCUT2D eigenvalue weighted by Crippen LogP contribution is -2.12.